The molecule has 1 aromatic heterocycles. The number of aromatic nitrogens is 1. The number of rotatable bonds is 3. The third kappa shape index (κ3) is 1.89. The van der Waals surface area contributed by atoms with Crippen molar-refractivity contribution >= 4 is 6.29 Å². The maximum atomic E-state index is 10.4. The van der Waals surface area contributed by atoms with Crippen molar-refractivity contribution in [2.45, 2.75) is 19.4 Å². The molecule has 0 amide bonds. The summed E-state index contributed by atoms with van der Waals surface area (Å²) in [6, 6.07) is 3.32. The second-order valence-electron chi connectivity index (χ2n) is 2.65. The zero-order valence-electron chi connectivity index (χ0n) is 7.03. The number of carbonyl (C=O) groups excluding carboxylic acids is 1. The molecule has 0 aliphatic rings. The van der Waals surface area contributed by atoms with E-state index in [9.17, 15) is 4.79 Å². The van der Waals surface area contributed by atoms with Crippen molar-refractivity contribution in [3.05, 3.63) is 29.6 Å². The third-order valence-electron chi connectivity index (χ3n) is 1.76. The Hall–Kier alpha value is -1.22. The van der Waals surface area contributed by atoms with Gasteiger partial charge in [-0.2, -0.15) is 0 Å². The Labute approximate surface area is 71.6 Å². The predicted molar refractivity (Wildman–Crippen MR) is 46.8 cm³/mol. The molecule has 64 valence electrons. The molecule has 0 saturated carbocycles. The number of nitrogens with zero attached hydrogens (tertiary/aromatic N) is 1. The molecule has 1 aromatic rings. The fourth-order valence-electron chi connectivity index (χ4n) is 0.951. The molecule has 0 aromatic carbocycles. The summed E-state index contributed by atoms with van der Waals surface area (Å²) in [7, 11) is 0. The van der Waals surface area contributed by atoms with E-state index in [1.807, 2.05) is 6.92 Å². The first kappa shape index (κ1) is 8.87. The van der Waals surface area contributed by atoms with Crippen molar-refractivity contribution in [3.63, 3.8) is 0 Å². The summed E-state index contributed by atoms with van der Waals surface area (Å²) >= 11 is 0. The minimum atomic E-state index is -0.0649. The summed E-state index contributed by atoms with van der Waals surface area (Å²) < 4.78 is 0. The Morgan fingerprint density at radius 1 is 1.75 bits per heavy atom. The molecule has 0 bridgehead atoms. The van der Waals surface area contributed by atoms with Crippen LogP contribution in [0.1, 0.15) is 35.4 Å². The number of hydrogen-bond donors (Lipinski definition) is 1. The lowest BCUT2D eigenvalue weighted by molar-refractivity contribution is 0.112. The first-order chi connectivity index (χ1) is 5.77. The van der Waals surface area contributed by atoms with Crippen LogP contribution in [0.4, 0.5) is 0 Å². The van der Waals surface area contributed by atoms with Crippen molar-refractivity contribution in [1.29, 1.82) is 0 Å². The van der Waals surface area contributed by atoms with E-state index in [4.69, 9.17) is 5.73 Å². The summed E-state index contributed by atoms with van der Waals surface area (Å²) in [5.74, 6) is 0. The molecule has 1 rings (SSSR count). The Balaban J connectivity index is 2.93. The van der Waals surface area contributed by atoms with E-state index in [2.05, 4.69) is 4.98 Å². The second kappa shape index (κ2) is 3.97. The maximum absolute atomic E-state index is 10.4. The van der Waals surface area contributed by atoms with Crippen LogP contribution in [0.2, 0.25) is 0 Å². The van der Waals surface area contributed by atoms with Gasteiger partial charge in [0.05, 0.1) is 5.69 Å². The standard InChI is InChI=1S/C9H12N2O/c1-2-8(10)9-5-7(6-12)3-4-11-9/h3-6,8H,2,10H2,1H3. The lowest BCUT2D eigenvalue weighted by atomic mass is 10.1. The van der Waals surface area contributed by atoms with Gasteiger partial charge in [-0.3, -0.25) is 9.78 Å². The highest BCUT2D eigenvalue weighted by molar-refractivity contribution is 5.74. The third-order valence-corrected chi connectivity index (χ3v) is 1.76. The lowest BCUT2D eigenvalue weighted by Gasteiger charge is -2.07. The van der Waals surface area contributed by atoms with Gasteiger partial charge in [-0.1, -0.05) is 6.92 Å². The SMILES string of the molecule is CCC(N)c1cc(C=O)ccn1. The van der Waals surface area contributed by atoms with Gasteiger partial charge >= 0.3 is 0 Å². The van der Waals surface area contributed by atoms with Gasteiger partial charge in [0.1, 0.15) is 6.29 Å². The maximum Gasteiger partial charge on any atom is 0.150 e. The van der Waals surface area contributed by atoms with E-state index in [0.717, 1.165) is 18.4 Å². The second-order valence-corrected chi connectivity index (χ2v) is 2.65. The Morgan fingerprint density at radius 3 is 3.08 bits per heavy atom. The molecule has 1 atom stereocenters. The van der Waals surface area contributed by atoms with Crippen molar-refractivity contribution in [2.24, 2.45) is 5.73 Å². The van der Waals surface area contributed by atoms with Crippen LogP contribution in [-0.4, -0.2) is 11.3 Å². The summed E-state index contributed by atoms with van der Waals surface area (Å²) in [4.78, 5) is 14.5. The topological polar surface area (TPSA) is 56.0 Å². The Kier molecular flexibility index (Phi) is 2.94. The summed E-state index contributed by atoms with van der Waals surface area (Å²) in [5.41, 5.74) is 7.15. The summed E-state index contributed by atoms with van der Waals surface area (Å²) in [5, 5.41) is 0. The monoisotopic (exact) mass is 164 g/mol. The highest BCUT2D eigenvalue weighted by Crippen LogP contribution is 2.10. The van der Waals surface area contributed by atoms with Gasteiger partial charge in [0, 0.05) is 17.8 Å². The van der Waals surface area contributed by atoms with E-state index < -0.39 is 0 Å². The zero-order valence-corrected chi connectivity index (χ0v) is 7.03. The van der Waals surface area contributed by atoms with Crippen molar-refractivity contribution in [2.75, 3.05) is 0 Å². The molecule has 1 heterocycles. The highest BCUT2D eigenvalue weighted by Gasteiger charge is 2.04. The molecule has 0 radical (unpaired) electrons. The number of aldehydes is 1. The minimum Gasteiger partial charge on any atom is -0.323 e. The first-order valence-electron chi connectivity index (χ1n) is 3.94. The van der Waals surface area contributed by atoms with Crippen LogP contribution in [0.3, 0.4) is 0 Å². The van der Waals surface area contributed by atoms with Crippen LogP contribution in [0.5, 0.6) is 0 Å². The van der Waals surface area contributed by atoms with Crippen LogP contribution in [-0.2, 0) is 0 Å². The van der Waals surface area contributed by atoms with E-state index >= 15 is 0 Å². The van der Waals surface area contributed by atoms with Crippen LogP contribution in [0, 0.1) is 0 Å². The Morgan fingerprint density at radius 2 is 2.50 bits per heavy atom. The van der Waals surface area contributed by atoms with E-state index in [1.54, 1.807) is 18.3 Å². The molecule has 3 nitrogen and oxygen atoms in total. The molecule has 12 heavy (non-hydrogen) atoms. The molecule has 0 spiro atoms. The van der Waals surface area contributed by atoms with Gasteiger partial charge in [-0.05, 0) is 18.6 Å². The molecular weight excluding hydrogens is 152 g/mol. The number of pyridine rings is 1. The van der Waals surface area contributed by atoms with Crippen molar-refractivity contribution < 1.29 is 4.79 Å². The summed E-state index contributed by atoms with van der Waals surface area (Å²) in [6.45, 7) is 1.99. The van der Waals surface area contributed by atoms with Gasteiger partial charge in [0.2, 0.25) is 0 Å². The quantitative estimate of drug-likeness (QED) is 0.685. The highest BCUT2D eigenvalue weighted by atomic mass is 16.1. The predicted octanol–water partition coefficient (Wildman–Crippen LogP) is 1.30. The number of carbonyl (C=O) groups is 1. The Bertz CT molecular complexity index is 273. The fraction of sp³-hybridized carbons (Fsp3) is 0.333. The van der Waals surface area contributed by atoms with Gasteiger partial charge in [0.15, 0.2) is 0 Å². The lowest BCUT2D eigenvalue weighted by Crippen LogP contribution is -2.10. The van der Waals surface area contributed by atoms with Gasteiger partial charge in [-0.25, -0.2) is 0 Å². The van der Waals surface area contributed by atoms with Crippen molar-refractivity contribution in [3.8, 4) is 0 Å². The number of hydrogen-bond acceptors (Lipinski definition) is 3. The van der Waals surface area contributed by atoms with E-state index in [0.29, 0.717) is 5.56 Å². The smallest absolute Gasteiger partial charge is 0.150 e. The average Bonchev–Trinajstić information content (AvgIpc) is 2.17. The zero-order chi connectivity index (χ0) is 8.97. The molecule has 0 saturated heterocycles. The van der Waals surface area contributed by atoms with Crippen LogP contribution in [0.25, 0.3) is 0 Å². The normalized spacial score (nSPS) is 12.5. The minimum absolute atomic E-state index is 0.0649. The average molecular weight is 164 g/mol. The van der Waals surface area contributed by atoms with Gasteiger partial charge < -0.3 is 5.73 Å². The van der Waals surface area contributed by atoms with Gasteiger partial charge in [0.25, 0.3) is 0 Å². The molecule has 0 aliphatic carbocycles. The van der Waals surface area contributed by atoms with Crippen molar-refractivity contribution in [1.82, 2.24) is 4.98 Å². The number of nitrogens with two attached hydrogens (primary N) is 1. The fourth-order valence-corrected chi connectivity index (χ4v) is 0.951. The molecule has 0 aliphatic heterocycles. The molecular formula is C9H12N2O. The van der Waals surface area contributed by atoms with Crippen LogP contribution in [0.15, 0.2) is 18.3 Å². The van der Waals surface area contributed by atoms with Gasteiger partial charge in [-0.15, -0.1) is 0 Å². The summed E-state index contributed by atoms with van der Waals surface area (Å²) in [6.07, 6.45) is 3.23. The van der Waals surface area contributed by atoms with Crippen LogP contribution >= 0.6 is 0 Å². The molecule has 2 N–H and O–H groups in total. The molecule has 1 unspecified atom stereocenters. The molecule has 3 heteroatoms. The first-order valence-corrected chi connectivity index (χ1v) is 3.94. The molecule has 0 fully saturated rings. The van der Waals surface area contributed by atoms with E-state index in [1.165, 1.54) is 0 Å². The van der Waals surface area contributed by atoms with Crippen LogP contribution < -0.4 is 5.73 Å². The van der Waals surface area contributed by atoms with E-state index in [-0.39, 0.29) is 6.04 Å². The largest absolute Gasteiger partial charge is 0.323 e.